The Labute approximate surface area is 104 Å². The number of carbonyl (C=O) groups is 1. The summed E-state index contributed by atoms with van der Waals surface area (Å²) in [6.45, 7) is 5.67. The molecule has 5 heteroatoms. The monoisotopic (exact) mass is 243 g/mol. The molecule has 1 aliphatic rings. The first-order chi connectivity index (χ1) is 8.13. The fourth-order valence-corrected chi connectivity index (χ4v) is 2.19. The topological polar surface area (TPSA) is 67.6 Å². The number of hydrogen-bond donors (Lipinski definition) is 2. The summed E-state index contributed by atoms with van der Waals surface area (Å²) in [5.41, 5.74) is 5.88. The molecule has 5 nitrogen and oxygen atoms in total. The highest BCUT2D eigenvalue weighted by molar-refractivity contribution is 5.77. The van der Waals surface area contributed by atoms with E-state index in [-0.39, 0.29) is 11.9 Å². The third kappa shape index (κ3) is 5.48. The van der Waals surface area contributed by atoms with Crippen molar-refractivity contribution in [2.24, 2.45) is 11.7 Å². The predicted molar refractivity (Wildman–Crippen MR) is 67.7 cm³/mol. The summed E-state index contributed by atoms with van der Waals surface area (Å²) in [7, 11) is 1.63. The zero-order valence-electron chi connectivity index (χ0n) is 10.9. The molecule has 1 rings (SSSR count). The van der Waals surface area contributed by atoms with E-state index in [1.165, 1.54) is 0 Å². The predicted octanol–water partition coefficient (Wildman–Crippen LogP) is -0.192. The molecule has 100 valence electrons. The third-order valence-corrected chi connectivity index (χ3v) is 3.37. The molecule has 1 aliphatic heterocycles. The maximum Gasteiger partial charge on any atom is 0.234 e. The Morgan fingerprint density at radius 2 is 2.18 bits per heavy atom. The summed E-state index contributed by atoms with van der Waals surface area (Å²) in [4.78, 5) is 13.8. The van der Waals surface area contributed by atoms with Crippen molar-refractivity contribution in [1.29, 1.82) is 0 Å². The second-order valence-electron chi connectivity index (χ2n) is 4.82. The van der Waals surface area contributed by atoms with Crippen molar-refractivity contribution >= 4 is 5.91 Å². The Balaban J connectivity index is 2.15. The van der Waals surface area contributed by atoms with E-state index in [4.69, 9.17) is 10.5 Å². The second kappa shape index (κ2) is 7.63. The zero-order valence-corrected chi connectivity index (χ0v) is 10.9. The minimum absolute atomic E-state index is 0.0845. The van der Waals surface area contributed by atoms with Gasteiger partial charge in [-0.25, -0.2) is 0 Å². The minimum Gasteiger partial charge on any atom is -0.383 e. The number of piperidine rings is 1. The van der Waals surface area contributed by atoms with Gasteiger partial charge in [0.15, 0.2) is 0 Å². The van der Waals surface area contributed by atoms with Crippen LogP contribution in [0.1, 0.15) is 19.8 Å². The largest absolute Gasteiger partial charge is 0.383 e. The molecule has 17 heavy (non-hydrogen) atoms. The van der Waals surface area contributed by atoms with E-state index in [1.54, 1.807) is 7.11 Å². The maximum absolute atomic E-state index is 11.6. The normalized spacial score (nSPS) is 20.2. The third-order valence-electron chi connectivity index (χ3n) is 3.37. The number of hydrogen-bond acceptors (Lipinski definition) is 4. The number of ether oxygens (including phenoxy) is 1. The van der Waals surface area contributed by atoms with Crippen LogP contribution in [-0.4, -0.2) is 56.7 Å². The van der Waals surface area contributed by atoms with Crippen molar-refractivity contribution in [2.45, 2.75) is 25.8 Å². The van der Waals surface area contributed by atoms with Gasteiger partial charge in [0.1, 0.15) is 0 Å². The van der Waals surface area contributed by atoms with Crippen LogP contribution in [0.15, 0.2) is 0 Å². The van der Waals surface area contributed by atoms with Crippen LogP contribution < -0.4 is 11.1 Å². The molecular formula is C12H25N3O2. The lowest BCUT2D eigenvalue weighted by Gasteiger charge is -2.33. The van der Waals surface area contributed by atoms with E-state index >= 15 is 0 Å². The average Bonchev–Trinajstić information content (AvgIpc) is 2.30. The van der Waals surface area contributed by atoms with Crippen molar-refractivity contribution in [3.8, 4) is 0 Å². The SMILES string of the molecule is COCCNC(=O)CN1CCC(C(C)N)CC1. The quantitative estimate of drug-likeness (QED) is 0.634. The van der Waals surface area contributed by atoms with Gasteiger partial charge in [0.05, 0.1) is 13.2 Å². The minimum atomic E-state index is 0.0845. The molecule has 1 heterocycles. The van der Waals surface area contributed by atoms with E-state index in [0.29, 0.717) is 25.6 Å². The van der Waals surface area contributed by atoms with Crippen molar-refractivity contribution in [2.75, 3.05) is 39.9 Å². The smallest absolute Gasteiger partial charge is 0.234 e. The number of likely N-dealkylation sites (tertiary alicyclic amines) is 1. The van der Waals surface area contributed by atoms with Crippen LogP contribution in [0.5, 0.6) is 0 Å². The van der Waals surface area contributed by atoms with E-state index in [9.17, 15) is 4.79 Å². The number of methoxy groups -OCH3 is 1. The average molecular weight is 243 g/mol. The fraction of sp³-hybridized carbons (Fsp3) is 0.917. The number of nitrogens with zero attached hydrogens (tertiary/aromatic N) is 1. The summed E-state index contributed by atoms with van der Waals surface area (Å²) < 4.78 is 4.88. The molecule has 1 amide bonds. The summed E-state index contributed by atoms with van der Waals surface area (Å²) in [6, 6.07) is 0.271. The number of nitrogens with one attached hydrogen (secondary N) is 1. The number of rotatable bonds is 6. The van der Waals surface area contributed by atoms with Gasteiger partial charge in [-0.1, -0.05) is 0 Å². The highest BCUT2D eigenvalue weighted by atomic mass is 16.5. The molecule has 0 aromatic rings. The molecule has 1 fully saturated rings. The molecule has 0 aliphatic carbocycles. The molecule has 0 bridgehead atoms. The fourth-order valence-electron chi connectivity index (χ4n) is 2.19. The van der Waals surface area contributed by atoms with Gasteiger partial charge in [-0.15, -0.1) is 0 Å². The summed E-state index contributed by atoms with van der Waals surface area (Å²) in [5, 5.41) is 2.83. The van der Waals surface area contributed by atoms with Crippen molar-refractivity contribution < 1.29 is 9.53 Å². The molecule has 3 N–H and O–H groups in total. The van der Waals surface area contributed by atoms with E-state index in [2.05, 4.69) is 17.1 Å². The molecule has 0 aromatic heterocycles. The lowest BCUT2D eigenvalue weighted by Crippen LogP contribution is -2.44. The van der Waals surface area contributed by atoms with Crippen LogP contribution >= 0.6 is 0 Å². The first-order valence-electron chi connectivity index (χ1n) is 6.37. The van der Waals surface area contributed by atoms with Gasteiger partial charge in [0, 0.05) is 19.7 Å². The molecule has 0 aromatic carbocycles. The van der Waals surface area contributed by atoms with Crippen LogP contribution in [0.4, 0.5) is 0 Å². The van der Waals surface area contributed by atoms with Gasteiger partial charge < -0.3 is 15.8 Å². The van der Waals surface area contributed by atoms with Crippen molar-refractivity contribution in [3.05, 3.63) is 0 Å². The number of carbonyl (C=O) groups excluding carboxylic acids is 1. The van der Waals surface area contributed by atoms with Gasteiger partial charge in [0.2, 0.25) is 5.91 Å². The number of nitrogens with two attached hydrogens (primary N) is 1. The molecular weight excluding hydrogens is 218 g/mol. The van der Waals surface area contributed by atoms with Gasteiger partial charge in [-0.3, -0.25) is 9.69 Å². The molecule has 1 saturated heterocycles. The van der Waals surface area contributed by atoms with Crippen LogP contribution in [0.25, 0.3) is 0 Å². The molecule has 0 saturated carbocycles. The van der Waals surface area contributed by atoms with E-state index in [0.717, 1.165) is 25.9 Å². The Bertz CT molecular complexity index is 226. The molecule has 1 atom stereocenters. The maximum atomic E-state index is 11.6. The van der Waals surface area contributed by atoms with E-state index in [1.807, 2.05) is 0 Å². The Morgan fingerprint density at radius 1 is 1.53 bits per heavy atom. The Kier molecular flexibility index (Phi) is 6.47. The highest BCUT2D eigenvalue weighted by Crippen LogP contribution is 2.18. The van der Waals surface area contributed by atoms with Crippen LogP contribution in [-0.2, 0) is 9.53 Å². The summed E-state index contributed by atoms with van der Waals surface area (Å²) in [5.74, 6) is 0.698. The summed E-state index contributed by atoms with van der Waals surface area (Å²) >= 11 is 0. The Hall–Kier alpha value is -0.650. The van der Waals surface area contributed by atoms with Crippen LogP contribution in [0.2, 0.25) is 0 Å². The van der Waals surface area contributed by atoms with Gasteiger partial charge in [-0.2, -0.15) is 0 Å². The number of amides is 1. The summed E-state index contributed by atoms with van der Waals surface area (Å²) in [6.07, 6.45) is 2.20. The lowest BCUT2D eigenvalue weighted by molar-refractivity contribution is -0.122. The van der Waals surface area contributed by atoms with Gasteiger partial charge in [-0.05, 0) is 38.8 Å². The van der Waals surface area contributed by atoms with Gasteiger partial charge >= 0.3 is 0 Å². The second-order valence-corrected chi connectivity index (χ2v) is 4.82. The molecule has 0 spiro atoms. The van der Waals surface area contributed by atoms with Gasteiger partial charge in [0.25, 0.3) is 0 Å². The van der Waals surface area contributed by atoms with Crippen LogP contribution in [0.3, 0.4) is 0 Å². The first-order valence-corrected chi connectivity index (χ1v) is 6.37. The molecule has 0 radical (unpaired) electrons. The molecule has 1 unspecified atom stereocenters. The van der Waals surface area contributed by atoms with Crippen LogP contribution in [0, 0.1) is 5.92 Å². The van der Waals surface area contributed by atoms with Crippen molar-refractivity contribution in [3.63, 3.8) is 0 Å². The standard InChI is InChI=1S/C12H25N3O2/c1-10(13)11-3-6-15(7-4-11)9-12(16)14-5-8-17-2/h10-11H,3-9,13H2,1-2H3,(H,14,16). The van der Waals surface area contributed by atoms with Crippen molar-refractivity contribution in [1.82, 2.24) is 10.2 Å². The zero-order chi connectivity index (χ0) is 12.7. The lowest BCUT2D eigenvalue weighted by atomic mass is 9.91. The van der Waals surface area contributed by atoms with E-state index < -0.39 is 0 Å². The Morgan fingerprint density at radius 3 is 2.71 bits per heavy atom. The first kappa shape index (κ1) is 14.4. The highest BCUT2D eigenvalue weighted by Gasteiger charge is 2.22.